The summed E-state index contributed by atoms with van der Waals surface area (Å²) in [7, 11) is 0. The largest absolute Gasteiger partial charge is 0.384 e. The number of hydrogen-bond donors (Lipinski definition) is 1. The average Bonchev–Trinajstić information content (AvgIpc) is 2.51. The normalized spacial score (nSPS) is 11.3. The molecule has 120 valence electrons. The van der Waals surface area contributed by atoms with Gasteiger partial charge < -0.3 is 15.1 Å². The van der Waals surface area contributed by atoms with Crippen molar-refractivity contribution in [1.29, 1.82) is 0 Å². The van der Waals surface area contributed by atoms with Gasteiger partial charge in [-0.25, -0.2) is 0 Å². The molecule has 0 saturated carbocycles. The summed E-state index contributed by atoms with van der Waals surface area (Å²) in [6.45, 7) is 14.7. The lowest BCUT2D eigenvalue weighted by Gasteiger charge is -2.23. The maximum absolute atomic E-state index is 3.49. The van der Waals surface area contributed by atoms with E-state index < -0.39 is 0 Å². The van der Waals surface area contributed by atoms with Gasteiger partial charge in [0.15, 0.2) is 0 Å². The van der Waals surface area contributed by atoms with Crippen molar-refractivity contribution >= 4 is 21.6 Å². The summed E-state index contributed by atoms with van der Waals surface area (Å²) in [5.41, 5.74) is 1.19. The van der Waals surface area contributed by atoms with E-state index in [1.807, 2.05) is 0 Å². The summed E-state index contributed by atoms with van der Waals surface area (Å²) in [5.74, 6) is 0. The summed E-state index contributed by atoms with van der Waals surface area (Å²) in [6.07, 6.45) is 1.26. The Labute approximate surface area is 138 Å². The van der Waals surface area contributed by atoms with Crippen LogP contribution in [0.3, 0.4) is 0 Å². The van der Waals surface area contributed by atoms with Gasteiger partial charge in [0.05, 0.1) is 0 Å². The highest BCUT2D eigenvalue weighted by atomic mass is 79.9. The van der Waals surface area contributed by atoms with Gasteiger partial charge in [-0.1, -0.05) is 36.7 Å². The van der Waals surface area contributed by atoms with Gasteiger partial charge in [-0.3, -0.25) is 0 Å². The predicted octanol–water partition coefficient (Wildman–Crippen LogP) is 3.91. The van der Waals surface area contributed by atoms with E-state index >= 15 is 0 Å². The standard InChI is InChI=1S/C17H30BrN3/c1-4-20(5-2)13-7-14-21(6-3)15-12-19-17-10-8-16(18)9-11-17/h8-11,19H,4-7,12-15H2,1-3H3. The molecular formula is C17H30BrN3. The van der Waals surface area contributed by atoms with Gasteiger partial charge in [-0.05, 0) is 63.4 Å². The summed E-state index contributed by atoms with van der Waals surface area (Å²) >= 11 is 3.46. The van der Waals surface area contributed by atoms with Crippen LogP contribution in [-0.4, -0.2) is 55.6 Å². The molecule has 21 heavy (non-hydrogen) atoms. The Morgan fingerprint density at radius 2 is 1.43 bits per heavy atom. The van der Waals surface area contributed by atoms with Crippen molar-refractivity contribution in [3.05, 3.63) is 28.7 Å². The summed E-state index contributed by atoms with van der Waals surface area (Å²) in [4.78, 5) is 5.02. The highest BCUT2D eigenvalue weighted by Crippen LogP contribution is 2.13. The number of anilines is 1. The van der Waals surface area contributed by atoms with Crippen LogP contribution in [0.5, 0.6) is 0 Å². The minimum atomic E-state index is 1.00. The topological polar surface area (TPSA) is 18.5 Å². The first kappa shape index (κ1) is 18.5. The number of likely N-dealkylation sites (N-methyl/N-ethyl adjacent to an activating group) is 1. The van der Waals surface area contributed by atoms with Gasteiger partial charge in [0.25, 0.3) is 0 Å². The molecule has 0 bridgehead atoms. The molecule has 0 radical (unpaired) electrons. The van der Waals surface area contributed by atoms with Crippen LogP contribution in [0.1, 0.15) is 27.2 Å². The van der Waals surface area contributed by atoms with Crippen molar-refractivity contribution in [2.45, 2.75) is 27.2 Å². The second-order valence-corrected chi connectivity index (χ2v) is 6.16. The molecule has 4 heteroatoms. The Hall–Kier alpha value is -0.580. The smallest absolute Gasteiger partial charge is 0.0341 e. The first-order valence-electron chi connectivity index (χ1n) is 8.13. The zero-order chi connectivity index (χ0) is 15.5. The van der Waals surface area contributed by atoms with Gasteiger partial charge in [-0.15, -0.1) is 0 Å². The Bertz CT molecular complexity index is 363. The fourth-order valence-electron chi connectivity index (χ4n) is 2.41. The molecule has 0 amide bonds. The SMILES string of the molecule is CCN(CC)CCCN(CC)CCNc1ccc(Br)cc1. The molecule has 1 rings (SSSR count). The molecule has 0 aromatic heterocycles. The molecule has 3 nitrogen and oxygen atoms in total. The summed E-state index contributed by atoms with van der Waals surface area (Å²) in [5, 5.41) is 3.49. The van der Waals surface area contributed by atoms with Crippen LogP contribution in [0.25, 0.3) is 0 Å². The van der Waals surface area contributed by atoms with E-state index in [0.29, 0.717) is 0 Å². The Kier molecular flexibility index (Phi) is 9.72. The van der Waals surface area contributed by atoms with Crippen LogP contribution in [0.4, 0.5) is 5.69 Å². The lowest BCUT2D eigenvalue weighted by atomic mass is 10.3. The van der Waals surface area contributed by atoms with Crippen LogP contribution in [0.2, 0.25) is 0 Å². The Balaban J connectivity index is 2.20. The minimum Gasteiger partial charge on any atom is -0.384 e. The average molecular weight is 356 g/mol. The highest BCUT2D eigenvalue weighted by molar-refractivity contribution is 9.10. The van der Waals surface area contributed by atoms with Crippen LogP contribution in [0.15, 0.2) is 28.7 Å². The summed E-state index contributed by atoms with van der Waals surface area (Å²) < 4.78 is 1.12. The van der Waals surface area contributed by atoms with E-state index in [1.54, 1.807) is 0 Å². The fraction of sp³-hybridized carbons (Fsp3) is 0.647. The van der Waals surface area contributed by atoms with Crippen molar-refractivity contribution in [1.82, 2.24) is 9.80 Å². The minimum absolute atomic E-state index is 1.00. The van der Waals surface area contributed by atoms with Crippen molar-refractivity contribution < 1.29 is 0 Å². The lowest BCUT2D eigenvalue weighted by molar-refractivity contribution is 0.248. The van der Waals surface area contributed by atoms with Crippen molar-refractivity contribution in [2.75, 3.05) is 51.1 Å². The molecule has 0 unspecified atom stereocenters. The zero-order valence-corrected chi connectivity index (χ0v) is 15.3. The third-order valence-electron chi connectivity index (χ3n) is 3.89. The number of nitrogens with one attached hydrogen (secondary N) is 1. The molecule has 0 aliphatic rings. The third kappa shape index (κ3) is 7.84. The maximum atomic E-state index is 3.49. The zero-order valence-electron chi connectivity index (χ0n) is 13.7. The Morgan fingerprint density at radius 3 is 2.00 bits per heavy atom. The monoisotopic (exact) mass is 355 g/mol. The van der Waals surface area contributed by atoms with E-state index in [4.69, 9.17) is 0 Å². The number of benzene rings is 1. The van der Waals surface area contributed by atoms with Gasteiger partial charge >= 0.3 is 0 Å². The molecule has 0 fully saturated rings. The van der Waals surface area contributed by atoms with Crippen LogP contribution in [0, 0.1) is 0 Å². The van der Waals surface area contributed by atoms with E-state index in [2.05, 4.69) is 76.1 Å². The van der Waals surface area contributed by atoms with Gasteiger partial charge in [-0.2, -0.15) is 0 Å². The van der Waals surface area contributed by atoms with Gasteiger partial charge in [0, 0.05) is 23.2 Å². The number of nitrogens with zero attached hydrogens (tertiary/aromatic N) is 2. The van der Waals surface area contributed by atoms with E-state index in [1.165, 1.54) is 25.2 Å². The molecule has 1 aromatic carbocycles. The van der Waals surface area contributed by atoms with Crippen molar-refractivity contribution in [3.8, 4) is 0 Å². The predicted molar refractivity (Wildman–Crippen MR) is 97.2 cm³/mol. The molecule has 0 aliphatic carbocycles. The van der Waals surface area contributed by atoms with Crippen molar-refractivity contribution in [2.24, 2.45) is 0 Å². The number of rotatable bonds is 11. The maximum Gasteiger partial charge on any atom is 0.0341 e. The van der Waals surface area contributed by atoms with E-state index in [9.17, 15) is 0 Å². The molecule has 0 atom stereocenters. The highest BCUT2D eigenvalue weighted by Gasteiger charge is 2.04. The molecule has 0 aliphatic heterocycles. The third-order valence-corrected chi connectivity index (χ3v) is 4.42. The second kappa shape index (κ2) is 11.0. The molecule has 0 saturated heterocycles. The lowest BCUT2D eigenvalue weighted by Crippen LogP contribution is -2.32. The first-order valence-corrected chi connectivity index (χ1v) is 8.93. The first-order chi connectivity index (χ1) is 10.2. The van der Waals surface area contributed by atoms with Crippen LogP contribution >= 0.6 is 15.9 Å². The molecule has 1 N–H and O–H groups in total. The molecule has 0 spiro atoms. The van der Waals surface area contributed by atoms with Crippen molar-refractivity contribution in [3.63, 3.8) is 0 Å². The second-order valence-electron chi connectivity index (χ2n) is 5.25. The molecule has 0 heterocycles. The van der Waals surface area contributed by atoms with Crippen LogP contribution in [-0.2, 0) is 0 Å². The quantitative estimate of drug-likeness (QED) is 0.648. The Morgan fingerprint density at radius 1 is 0.857 bits per heavy atom. The van der Waals surface area contributed by atoms with Gasteiger partial charge in [0.1, 0.15) is 0 Å². The van der Waals surface area contributed by atoms with E-state index in [-0.39, 0.29) is 0 Å². The molecule has 1 aromatic rings. The van der Waals surface area contributed by atoms with Crippen LogP contribution < -0.4 is 5.32 Å². The van der Waals surface area contributed by atoms with Gasteiger partial charge in [0.2, 0.25) is 0 Å². The number of halogens is 1. The summed E-state index contributed by atoms with van der Waals surface area (Å²) in [6, 6.07) is 8.37. The number of hydrogen-bond acceptors (Lipinski definition) is 3. The fourth-order valence-corrected chi connectivity index (χ4v) is 2.68. The molecular weight excluding hydrogens is 326 g/mol. The van der Waals surface area contributed by atoms with E-state index in [0.717, 1.165) is 37.2 Å².